The number of ketones is 1. The molecule has 0 heterocycles. The average molecular weight is 406 g/mol. The molecule has 1 N–H and O–H groups in total. The SMILES string of the molecule is C[C@@H]1CC(=O)[C@H](CC(=O)OCC(=O)NC23CC4CC(CC(C4)C2)C3)[C@@H]1C[N+](=O)[O-]. The summed E-state index contributed by atoms with van der Waals surface area (Å²) in [5.41, 5.74) is -0.133. The predicted octanol–water partition coefficient (Wildman–Crippen LogP) is 2.12. The number of hydrogen-bond acceptors (Lipinski definition) is 6. The molecule has 3 atom stereocenters. The summed E-state index contributed by atoms with van der Waals surface area (Å²) < 4.78 is 5.14. The van der Waals surface area contributed by atoms with E-state index in [9.17, 15) is 24.5 Å². The first-order chi connectivity index (χ1) is 13.7. The molecule has 1 amide bonds. The van der Waals surface area contributed by atoms with Crippen molar-refractivity contribution >= 4 is 17.7 Å². The molecule has 0 aromatic carbocycles. The van der Waals surface area contributed by atoms with E-state index in [0.29, 0.717) is 17.8 Å². The highest BCUT2D eigenvalue weighted by Crippen LogP contribution is 2.55. The number of rotatable bonds is 7. The van der Waals surface area contributed by atoms with Crippen molar-refractivity contribution in [3.8, 4) is 0 Å². The van der Waals surface area contributed by atoms with Gasteiger partial charge in [0.25, 0.3) is 5.91 Å². The number of amides is 1. The molecule has 4 bridgehead atoms. The molecule has 29 heavy (non-hydrogen) atoms. The minimum Gasteiger partial charge on any atom is -0.456 e. The largest absolute Gasteiger partial charge is 0.456 e. The van der Waals surface area contributed by atoms with Crippen LogP contribution in [0, 0.1) is 45.6 Å². The zero-order valence-electron chi connectivity index (χ0n) is 16.9. The van der Waals surface area contributed by atoms with Gasteiger partial charge in [0.05, 0.1) is 6.42 Å². The van der Waals surface area contributed by atoms with Crippen LogP contribution in [0.15, 0.2) is 0 Å². The Bertz CT molecular complexity index is 685. The number of nitrogens with one attached hydrogen (secondary N) is 1. The first-order valence-corrected chi connectivity index (χ1v) is 10.8. The van der Waals surface area contributed by atoms with E-state index in [-0.39, 0.29) is 49.1 Å². The third-order valence-corrected chi connectivity index (χ3v) is 7.74. The van der Waals surface area contributed by atoms with Crippen molar-refractivity contribution in [3.05, 3.63) is 10.1 Å². The van der Waals surface area contributed by atoms with Gasteiger partial charge in [-0.1, -0.05) is 6.92 Å². The molecule has 5 saturated carbocycles. The van der Waals surface area contributed by atoms with Crippen LogP contribution in [-0.4, -0.2) is 41.3 Å². The van der Waals surface area contributed by atoms with Gasteiger partial charge in [0.15, 0.2) is 6.61 Å². The number of Topliss-reactive ketones (excluding diaryl/α,β-unsaturated/α-hetero) is 1. The van der Waals surface area contributed by atoms with Gasteiger partial charge in [-0.05, 0) is 62.2 Å². The third-order valence-electron chi connectivity index (χ3n) is 7.74. The Labute approximate surface area is 170 Å². The molecule has 0 saturated heterocycles. The average Bonchev–Trinajstić information content (AvgIpc) is 2.85. The van der Waals surface area contributed by atoms with Crippen molar-refractivity contribution < 1.29 is 24.0 Å². The summed E-state index contributed by atoms with van der Waals surface area (Å²) in [5, 5.41) is 14.0. The van der Waals surface area contributed by atoms with E-state index < -0.39 is 22.7 Å². The third kappa shape index (κ3) is 4.31. The first-order valence-electron chi connectivity index (χ1n) is 10.8. The second kappa shape index (κ2) is 7.69. The summed E-state index contributed by atoms with van der Waals surface area (Å²) in [4.78, 5) is 47.3. The zero-order chi connectivity index (χ0) is 20.8. The Kier molecular flexibility index (Phi) is 5.38. The molecule has 5 rings (SSSR count). The molecule has 0 unspecified atom stereocenters. The van der Waals surface area contributed by atoms with Crippen molar-refractivity contribution in [2.24, 2.45) is 35.5 Å². The minimum absolute atomic E-state index is 0.120. The smallest absolute Gasteiger partial charge is 0.307 e. The lowest BCUT2D eigenvalue weighted by atomic mass is 9.53. The van der Waals surface area contributed by atoms with Crippen LogP contribution in [0.5, 0.6) is 0 Å². The first kappa shape index (κ1) is 20.3. The summed E-state index contributed by atoms with van der Waals surface area (Å²) >= 11 is 0. The number of nitrogens with zero attached hydrogens (tertiary/aromatic N) is 1. The summed E-state index contributed by atoms with van der Waals surface area (Å²) in [5.74, 6) is -0.182. The maximum atomic E-state index is 12.5. The highest BCUT2D eigenvalue weighted by Gasteiger charge is 2.51. The van der Waals surface area contributed by atoms with Crippen molar-refractivity contribution in [2.75, 3.05) is 13.2 Å². The van der Waals surface area contributed by atoms with Crippen LogP contribution in [0.1, 0.15) is 58.3 Å². The van der Waals surface area contributed by atoms with Gasteiger partial charge in [0.2, 0.25) is 6.54 Å². The van der Waals surface area contributed by atoms with Crippen molar-refractivity contribution in [3.63, 3.8) is 0 Å². The Morgan fingerprint density at radius 1 is 1.17 bits per heavy atom. The van der Waals surface area contributed by atoms with E-state index in [1.165, 1.54) is 19.3 Å². The summed E-state index contributed by atoms with van der Waals surface area (Å²) in [6.07, 6.45) is 6.98. The molecule has 160 valence electrons. The molecule has 8 nitrogen and oxygen atoms in total. The Balaban J connectivity index is 1.27. The number of carbonyl (C=O) groups is 3. The van der Waals surface area contributed by atoms with Crippen LogP contribution in [0.2, 0.25) is 0 Å². The lowest BCUT2D eigenvalue weighted by molar-refractivity contribution is -0.490. The van der Waals surface area contributed by atoms with E-state index in [2.05, 4.69) is 5.32 Å². The fraction of sp³-hybridized carbons (Fsp3) is 0.857. The molecule has 0 spiro atoms. The second-order valence-corrected chi connectivity index (χ2v) is 10.0. The zero-order valence-corrected chi connectivity index (χ0v) is 16.9. The Morgan fingerprint density at radius 3 is 2.31 bits per heavy atom. The van der Waals surface area contributed by atoms with Crippen LogP contribution < -0.4 is 5.32 Å². The number of carbonyl (C=O) groups excluding carboxylic acids is 3. The van der Waals surface area contributed by atoms with Crippen molar-refractivity contribution in [1.82, 2.24) is 5.32 Å². The normalized spacial score (nSPS) is 40.1. The van der Waals surface area contributed by atoms with Gasteiger partial charge < -0.3 is 10.1 Å². The lowest BCUT2D eigenvalue weighted by Crippen LogP contribution is -2.60. The van der Waals surface area contributed by atoms with Crippen LogP contribution >= 0.6 is 0 Å². The second-order valence-electron chi connectivity index (χ2n) is 10.0. The Morgan fingerprint density at radius 2 is 1.76 bits per heavy atom. The monoisotopic (exact) mass is 406 g/mol. The van der Waals surface area contributed by atoms with Crippen LogP contribution in [0.4, 0.5) is 0 Å². The van der Waals surface area contributed by atoms with Gasteiger partial charge >= 0.3 is 5.97 Å². The van der Waals surface area contributed by atoms with Gasteiger partial charge in [-0.2, -0.15) is 0 Å². The highest BCUT2D eigenvalue weighted by molar-refractivity contribution is 5.88. The Hall–Kier alpha value is -1.99. The van der Waals surface area contributed by atoms with E-state index in [0.717, 1.165) is 19.3 Å². The van der Waals surface area contributed by atoms with Gasteiger partial charge in [0.1, 0.15) is 5.78 Å². The standard InChI is InChI=1S/C21H30N2O6/c1-12-2-18(24)16(17(12)10-23(27)28)6-20(26)29-11-19(25)22-21-7-13-3-14(8-21)5-15(4-13)9-21/h12-17H,2-11H2,1H3,(H,22,25)/t12-,13?,14?,15?,16-,17-,21?/m1/s1. The quantitative estimate of drug-likeness (QED) is 0.393. The van der Waals surface area contributed by atoms with Crippen molar-refractivity contribution in [1.29, 1.82) is 0 Å². The van der Waals surface area contributed by atoms with Crippen LogP contribution in [0.3, 0.4) is 0 Å². The van der Waals surface area contributed by atoms with Gasteiger partial charge in [-0.15, -0.1) is 0 Å². The number of ether oxygens (including phenoxy) is 1. The number of hydrogen-bond donors (Lipinski definition) is 1. The molecular formula is C21H30N2O6. The fourth-order valence-electron chi connectivity index (χ4n) is 6.98. The molecule has 8 heteroatoms. The summed E-state index contributed by atoms with van der Waals surface area (Å²) in [6.45, 7) is 1.13. The van der Waals surface area contributed by atoms with Crippen LogP contribution in [0.25, 0.3) is 0 Å². The molecule has 0 aromatic heterocycles. The number of esters is 1. The fourth-order valence-corrected chi connectivity index (χ4v) is 6.98. The summed E-state index contributed by atoms with van der Waals surface area (Å²) in [7, 11) is 0. The van der Waals surface area contributed by atoms with E-state index >= 15 is 0 Å². The molecule has 0 radical (unpaired) electrons. The van der Waals surface area contributed by atoms with E-state index in [1.807, 2.05) is 0 Å². The van der Waals surface area contributed by atoms with Gasteiger partial charge in [0, 0.05) is 28.7 Å². The molecule has 5 aliphatic carbocycles. The van der Waals surface area contributed by atoms with E-state index in [1.54, 1.807) is 6.92 Å². The predicted molar refractivity (Wildman–Crippen MR) is 102 cm³/mol. The topological polar surface area (TPSA) is 116 Å². The molecule has 5 fully saturated rings. The molecule has 0 aliphatic heterocycles. The maximum absolute atomic E-state index is 12.5. The molecule has 0 aromatic rings. The number of nitro groups is 1. The van der Waals surface area contributed by atoms with Gasteiger partial charge in [-0.25, -0.2) is 0 Å². The molecule has 5 aliphatic rings. The molecular weight excluding hydrogens is 376 g/mol. The van der Waals surface area contributed by atoms with Crippen LogP contribution in [-0.2, 0) is 19.1 Å². The van der Waals surface area contributed by atoms with Crippen molar-refractivity contribution in [2.45, 2.75) is 63.8 Å². The summed E-state index contributed by atoms with van der Waals surface area (Å²) in [6, 6.07) is 0. The highest BCUT2D eigenvalue weighted by atomic mass is 16.6. The maximum Gasteiger partial charge on any atom is 0.307 e. The lowest BCUT2D eigenvalue weighted by Gasteiger charge is -2.56. The van der Waals surface area contributed by atoms with Gasteiger partial charge in [-0.3, -0.25) is 24.5 Å². The van der Waals surface area contributed by atoms with E-state index in [4.69, 9.17) is 4.74 Å². The minimum atomic E-state index is -0.686.